The summed E-state index contributed by atoms with van der Waals surface area (Å²) in [5.74, 6) is -0.481. The van der Waals surface area contributed by atoms with Gasteiger partial charge in [0.1, 0.15) is 5.60 Å². The quantitative estimate of drug-likeness (QED) is 0.559. The highest BCUT2D eigenvalue weighted by Gasteiger charge is 2.48. The molecule has 2 aliphatic rings. The van der Waals surface area contributed by atoms with Gasteiger partial charge >= 0.3 is 18.1 Å². The van der Waals surface area contributed by atoms with Gasteiger partial charge in [-0.15, -0.1) is 0 Å². The number of nitrogens with zero attached hydrogens (tertiary/aromatic N) is 3. The zero-order chi connectivity index (χ0) is 20.5. The van der Waals surface area contributed by atoms with Crippen LogP contribution in [-0.2, 0) is 20.8 Å². The monoisotopic (exact) mass is 393 g/mol. The number of aryl methyl sites for hydroxylation is 1. The van der Waals surface area contributed by atoms with E-state index in [1.807, 2.05) is 20.8 Å². The van der Waals surface area contributed by atoms with E-state index in [9.17, 15) is 14.4 Å². The van der Waals surface area contributed by atoms with Crippen molar-refractivity contribution < 1.29 is 23.9 Å². The number of ether oxygens (including phenoxy) is 2. The Morgan fingerprint density at radius 2 is 2.11 bits per heavy atom. The molecule has 1 saturated heterocycles. The lowest BCUT2D eigenvalue weighted by atomic mass is 9.98. The SMILES string of the molecule is COC(=O)C1c2c(cnn2CCCCNC(=O)OC(C)(C)C)C2CN1C(=O)N2. The van der Waals surface area contributed by atoms with Crippen molar-refractivity contribution in [3.05, 3.63) is 17.5 Å². The van der Waals surface area contributed by atoms with Crippen LogP contribution >= 0.6 is 0 Å². The first kappa shape index (κ1) is 20.0. The van der Waals surface area contributed by atoms with Gasteiger partial charge in [0.2, 0.25) is 0 Å². The van der Waals surface area contributed by atoms with E-state index >= 15 is 0 Å². The van der Waals surface area contributed by atoms with Crippen LogP contribution in [0.3, 0.4) is 0 Å². The number of aromatic nitrogens is 2. The van der Waals surface area contributed by atoms with E-state index in [2.05, 4.69) is 15.7 Å². The average Bonchev–Trinajstić information content (AvgIpc) is 3.16. The molecule has 1 aromatic heterocycles. The summed E-state index contributed by atoms with van der Waals surface area (Å²) in [6, 6.07) is -1.23. The van der Waals surface area contributed by atoms with Crippen molar-refractivity contribution in [1.29, 1.82) is 0 Å². The van der Waals surface area contributed by atoms with Crippen LogP contribution in [0.5, 0.6) is 0 Å². The lowest BCUT2D eigenvalue weighted by Crippen LogP contribution is -2.40. The van der Waals surface area contributed by atoms with Gasteiger partial charge < -0.3 is 25.0 Å². The smallest absolute Gasteiger partial charge is 0.407 e. The molecule has 1 aromatic rings. The Kier molecular flexibility index (Phi) is 5.48. The predicted octanol–water partition coefficient (Wildman–Crippen LogP) is 1.48. The molecule has 0 spiro atoms. The van der Waals surface area contributed by atoms with Crippen LogP contribution in [0, 0.1) is 0 Å². The molecular weight excluding hydrogens is 366 g/mol. The fourth-order valence-corrected chi connectivity index (χ4v) is 3.50. The summed E-state index contributed by atoms with van der Waals surface area (Å²) in [5.41, 5.74) is 1.02. The van der Waals surface area contributed by atoms with Crippen LogP contribution in [0.2, 0.25) is 0 Å². The Morgan fingerprint density at radius 3 is 2.79 bits per heavy atom. The standard InChI is InChI=1S/C18H27N5O5/c1-18(2,3)28-17(26)19-7-5-6-8-23-13-11(9-20-23)12-10-22(16(25)21-12)14(13)15(24)27-4/h9,12,14H,5-8,10H2,1-4H3,(H,19,26)(H,21,25). The number of unbranched alkanes of at least 4 members (excludes halogenated alkanes) is 1. The number of rotatable bonds is 6. The van der Waals surface area contributed by atoms with E-state index in [0.29, 0.717) is 25.3 Å². The first-order chi connectivity index (χ1) is 13.2. The highest BCUT2D eigenvalue weighted by atomic mass is 16.6. The molecule has 1 fully saturated rings. The summed E-state index contributed by atoms with van der Waals surface area (Å²) in [4.78, 5) is 37.6. The second kappa shape index (κ2) is 7.69. The van der Waals surface area contributed by atoms with Gasteiger partial charge in [-0.25, -0.2) is 14.4 Å². The number of esters is 1. The number of carbonyl (C=O) groups excluding carboxylic acids is 3. The highest BCUT2D eigenvalue weighted by molar-refractivity contribution is 5.88. The molecule has 2 unspecified atom stereocenters. The van der Waals surface area contributed by atoms with Gasteiger partial charge in [-0.05, 0) is 33.6 Å². The lowest BCUT2D eigenvalue weighted by molar-refractivity contribution is -0.146. The zero-order valence-electron chi connectivity index (χ0n) is 16.7. The van der Waals surface area contributed by atoms with Crippen molar-refractivity contribution in [2.45, 2.75) is 57.8 Å². The van der Waals surface area contributed by atoms with Gasteiger partial charge in [0.05, 0.1) is 25.0 Å². The van der Waals surface area contributed by atoms with Gasteiger partial charge in [0, 0.05) is 25.2 Å². The summed E-state index contributed by atoms with van der Waals surface area (Å²) in [6.45, 7) is 6.91. The average molecular weight is 393 g/mol. The van der Waals surface area contributed by atoms with Crippen LogP contribution in [0.1, 0.15) is 57.0 Å². The molecule has 3 amide bonds. The summed E-state index contributed by atoms with van der Waals surface area (Å²) >= 11 is 0. The number of carbonyl (C=O) groups is 3. The minimum Gasteiger partial charge on any atom is -0.467 e. The third-order valence-corrected chi connectivity index (χ3v) is 4.68. The van der Waals surface area contributed by atoms with Crippen LogP contribution in [0.25, 0.3) is 0 Å². The minimum atomic E-state index is -0.791. The Morgan fingerprint density at radius 1 is 1.36 bits per heavy atom. The summed E-state index contributed by atoms with van der Waals surface area (Å²) in [6.07, 6.45) is 2.73. The van der Waals surface area contributed by atoms with Gasteiger partial charge in [0.15, 0.2) is 6.04 Å². The molecular formula is C18H27N5O5. The third kappa shape index (κ3) is 4.05. The van der Waals surface area contributed by atoms with E-state index in [1.165, 1.54) is 12.0 Å². The molecule has 10 heteroatoms. The molecule has 2 N–H and O–H groups in total. The van der Waals surface area contributed by atoms with Crippen molar-refractivity contribution in [2.24, 2.45) is 0 Å². The van der Waals surface area contributed by atoms with E-state index in [0.717, 1.165) is 18.4 Å². The molecule has 0 radical (unpaired) electrons. The van der Waals surface area contributed by atoms with Crippen LogP contribution in [0.4, 0.5) is 9.59 Å². The first-order valence-electron chi connectivity index (χ1n) is 9.38. The van der Waals surface area contributed by atoms with Gasteiger partial charge in [-0.2, -0.15) is 5.10 Å². The molecule has 10 nitrogen and oxygen atoms in total. The van der Waals surface area contributed by atoms with Gasteiger partial charge in [-0.1, -0.05) is 0 Å². The Hall–Kier alpha value is -2.78. The Labute approximate surface area is 163 Å². The third-order valence-electron chi connectivity index (χ3n) is 4.68. The number of nitrogens with one attached hydrogen (secondary N) is 2. The summed E-state index contributed by atoms with van der Waals surface area (Å²) in [7, 11) is 1.31. The zero-order valence-corrected chi connectivity index (χ0v) is 16.7. The van der Waals surface area contributed by atoms with Crippen LogP contribution in [-0.4, -0.2) is 58.6 Å². The largest absolute Gasteiger partial charge is 0.467 e. The second-order valence-electron chi connectivity index (χ2n) is 7.92. The maximum absolute atomic E-state index is 12.3. The number of hydrogen-bond acceptors (Lipinski definition) is 6. The van der Waals surface area contributed by atoms with Crippen LogP contribution in [0.15, 0.2) is 6.20 Å². The maximum atomic E-state index is 12.3. The highest BCUT2D eigenvalue weighted by Crippen LogP contribution is 2.39. The molecule has 0 saturated carbocycles. The maximum Gasteiger partial charge on any atom is 0.407 e. The van der Waals surface area contributed by atoms with Gasteiger partial charge in [-0.3, -0.25) is 4.68 Å². The molecule has 2 atom stereocenters. The number of hydrogen-bond donors (Lipinski definition) is 2. The first-order valence-corrected chi connectivity index (χ1v) is 9.38. The van der Waals surface area contributed by atoms with E-state index in [4.69, 9.17) is 9.47 Å². The number of amides is 3. The molecule has 0 aromatic carbocycles. The Bertz CT molecular complexity index is 769. The molecule has 2 bridgehead atoms. The van der Waals surface area contributed by atoms with E-state index < -0.39 is 23.7 Å². The normalized spacial score (nSPS) is 20.4. The van der Waals surface area contributed by atoms with Gasteiger partial charge in [0.25, 0.3) is 0 Å². The molecule has 0 aliphatic carbocycles. The minimum absolute atomic E-state index is 0.161. The van der Waals surface area contributed by atoms with Crippen LogP contribution < -0.4 is 10.6 Å². The number of urea groups is 1. The van der Waals surface area contributed by atoms with Crippen molar-refractivity contribution in [1.82, 2.24) is 25.3 Å². The fraction of sp³-hybridized carbons (Fsp3) is 0.667. The van der Waals surface area contributed by atoms with E-state index in [-0.39, 0.29) is 12.1 Å². The Balaban J connectivity index is 1.59. The van der Waals surface area contributed by atoms with Crippen molar-refractivity contribution in [3.63, 3.8) is 0 Å². The lowest BCUT2D eigenvalue weighted by Gasteiger charge is -2.29. The molecule has 3 heterocycles. The molecule has 28 heavy (non-hydrogen) atoms. The molecule has 3 rings (SSSR count). The predicted molar refractivity (Wildman–Crippen MR) is 98.4 cm³/mol. The number of fused-ring (bicyclic) bond motifs is 4. The number of alkyl carbamates (subject to hydrolysis) is 1. The summed E-state index contributed by atoms with van der Waals surface area (Å²) in [5, 5.41) is 9.99. The topological polar surface area (TPSA) is 115 Å². The molecule has 2 aliphatic heterocycles. The second-order valence-corrected chi connectivity index (χ2v) is 7.92. The van der Waals surface area contributed by atoms with Crippen molar-refractivity contribution in [3.8, 4) is 0 Å². The number of methoxy groups -OCH3 is 1. The molecule has 154 valence electrons. The van der Waals surface area contributed by atoms with E-state index in [1.54, 1.807) is 10.9 Å². The fourth-order valence-electron chi connectivity index (χ4n) is 3.50. The van der Waals surface area contributed by atoms with Crippen molar-refractivity contribution in [2.75, 3.05) is 20.2 Å². The summed E-state index contributed by atoms with van der Waals surface area (Å²) < 4.78 is 11.9. The van der Waals surface area contributed by atoms with Crippen molar-refractivity contribution >= 4 is 18.1 Å².